The maximum Gasteiger partial charge on any atom is 0.338 e. The molecule has 2 aliphatic heterocycles. The standard InChI is InChI=1S/C26H32N4O4/c1-4-34-22-8-6-5-7-21(22)30-15-13-29(14-16-30)17-20-23(25(31)33-3)24(28-26(32)27-20)19-11-9-18(2)10-12-19/h5-12,24H,4,13-17H2,1-3H3,(H2,27,28,32)/t24-/m1/s1. The molecule has 2 amide bonds. The Labute approximate surface area is 200 Å². The van der Waals surface area contributed by atoms with Crippen molar-refractivity contribution in [3.63, 3.8) is 0 Å². The fraction of sp³-hybridized carbons (Fsp3) is 0.385. The van der Waals surface area contributed by atoms with E-state index in [-0.39, 0.29) is 6.03 Å². The second-order valence-corrected chi connectivity index (χ2v) is 8.49. The number of methoxy groups -OCH3 is 1. The number of para-hydroxylation sites is 2. The number of anilines is 1. The molecule has 8 heteroatoms. The van der Waals surface area contributed by atoms with Crippen LogP contribution >= 0.6 is 0 Å². The van der Waals surface area contributed by atoms with Gasteiger partial charge >= 0.3 is 12.0 Å². The molecule has 2 N–H and O–H groups in total. The van der Waals surface area contributed by atoms with Gasteiger partial charge in [-0.25, -0.2) is 9.59 Å². The van der Waals surface area contributed by atoms with Crippen LogP contribution in [0.3, 0.4) is 0 Å². The molecule has 4 rings (SSSR count). The quantitative estimate of drug-likeness (QED) is 0.613. The Bertz CT molecular complexity index is 1060. The van der Waals surface area contributed by atoms with Gasteiger partial charge in [0.05, 0.1) is 31.0 Å². The first-order chi connectivity index (χ1) is 16.5. The molecule has 8 nitrogen and oxygen atoms in total. The van der Waals surface area contributed by atoms with Crippen molar-refractivity contribution in [2.24, 2.45) is 0 Å². The van der Waals surface area contributed by atoms with Crippen molar-refractivity contribution >= 4 is 17.7 Å². The number of nitrogens with one attached hydrogen (secondary N) is 2. The molecule has 2 aliphatic rings. The normalized spacial score (nSPS) is 18.9. The van der Waals surface area contributed by atoms with Crippen molar-refractivity contribution in [2.75, 3.05) is 51.3 Å². The first-order valence-electron chi connectivity index (χ1n) is 11.6. The highest BCUT2D eigenvalue weighted by molar-refractivity contribution is 5.95. The maximum atomic E-state index is 12.8. The van der Waals surface area contributed by atoms with E-state index in [0.29, 0.717) is 24.4 Å². The lowest BCUT2D eigenvalue weighted by Gasteiger charge is -2.38. The lowest BCUT2D eigenvalue weighted by Crippen LogP contribution is -2.51. The summed E-state index contributed by atoms with van der Waals surface area (Å²) in [6.07, 6.45) is 0. The van der Waals surface area contributed by atoms with Crippen LogP contribution in [0.4, 0.5) is 10.5 Å². The minimum Gasteiger partial charge on any atom is -0.492 e. The van der Waals surface area contributed by atoms with Crippen LogP contribution in [0.5, 0.6) is 5.75 Å². The number of hydrogen-bond donors (Lipinski definition) is 2. The van der Waals surface area contributed by atoms with E-state index < -0.39 is 12.0 Å². The lowest BCUT2D eigenvalue weighted by atomic mass is 9.94. The summed E-state index contributed by atoms with van der Waals surface area (Å²) in [5, 5.41) is 5.74. The largest absolute Gasteiger partial charge is 0.492 e. The van der Waals surface area contributed by atoms with Gasteiger partial charge in [-0.3, -0.25) is 4.90 Å². The van der Waals surface area contributed by atoms with Gasteiger partial charge in [-0.15, -0.1) is 0 Å². The number of nitrogens with zero attached hydrogens (tertiary/aromatic N) is 2. The van der Waals surface area contributed by atoms with Gasteiger partial charge in [-0.2, -0.15) is 0 Å². The molecule has 0 saturated carbocycles. The van der Waals surface area contributed by atoms with E-state index in [0.717, 1.165) is 48.7 Å². The van der Waals surface area contributed by atoms with E-state index in [9.17, 15) is 9.59 Å². The summed E-state index contributed by atoms with van der Waals surface area (Å²) in [6.45, 7) is 8.28. The van der Waals surface area contributed by atoms with Gasteiger partial charge in [-0.05, 0) is 31.5 Å². The molecule has 0 unspecified atom stereocenters. The average molecular weight is 465 g/mol. The lowest BCUT2D eigenvalue weighted by molar-refractivity contribution is -0.136. The zero-order valence-electron chi connectivity index (χ0n) is 20.0. The third kappa shape index (κ3) is 5.17. The summed E-state index contributed by atoms with van der Waals surface area (Å²) in [5.41, 5.74) is 4.07. The zero-order valence-corrected chi connectivity index (χ0v) is 20.0. The van der Waals surface area contributed by atoms with E-state index >= 15 is 0 Å². The molecule has 2 aromatic carbocycles. The molecular weight excluding hydrogens is 432 g/mol. The van der Waals surface area contributed by atoms with E-state index in [1.807, 2.05) is 56.3 Å². The minimum absolute atomic E-state index is 0.322. The fourth-order valence-electron chi connectivity index (χ4n) is 4.47. The first kappa shape index (κ1) is 23.6. The third-order valence-electron chi connectivity index (χ3n) is 6.23. The van der Waals surface area contributed by atoms with Crippen LogP contribution in [0, 0.1) is 6.92 Å². The smallest absolute Gasteiger partial charge is 0.338 e. The molecule has 0 aliphatic carbocycles. The average Bonchev–Trinajstić information content (AvgIpc) is 2.85. The van der Waals surface area contributed by atoms with E-state index in [2.05, 4.69) is 26.5 Å². The summed E-state index contributed by atoms with van der Waals surface area (Å²) >= 11 is 0. The van der Waals surface area contributed by atoms with Crippen LogP contribution in [0.1, 0.15) is 24.1 Å². The minimum atomic E-state index is -0.559. The molecule has 0 bridgehead atoms. The molecule has 2 aromatic rings. The number of amides is 2. The Morgan fingerprint density at radius 2 is 1.76 bits per heavy atom. The predicted molar refractivity (Wildman–Crippen MR) is 131 cm³/mol. The zero-order chi connectivity index (χ0) is 24.1. The van der Waals surface area contributed by atoms with Gasteiger partial charge in [0.25, 0.3) is 0 Å². The van der Waals surface area contributed by atoms with Gasteiger partial charge in [0.1, 0.15) is 5.75 Å². The van der Waals surface area contributed by atoms with Crippen LogP contribution in [-0.4, -0.2) is 63.3 Å². The number of hydrogen-bond acceptors (Lipinski definition) is 6. The Kier molecular flexibility index (Phi) is 7.37. The molecule has 2 heterocycles. The highest BCUT2D eigenvalue weighted by Gasteiger charge is 2.34. The number of aryl methyl sites for hydroxylation is 1. The van der Waals surface area contributed by atoms with Crippen molar-refractivity contribution < 1.29 is 19.1 Å². The molecule has 1 fully saturated rings. The number of carbonyl (C=O) groups is 2. The van der Waals surface area contributed by atoms with Crippen LogP contribution in [-0.2, 0) is 9.53 Å². The van der Waals surface area contributed by atoms with Crippen molar-refractivity contribution in [2.45, 2.75) is 19.9 Å². The van der Waals surface area contributed by atoms with Crippen molar-refractivity contribution in [3.8, 4) is 5.75 Å². The van der Waals surface area contributed by atoms with Gasteiger partial charge in [0, 0.05) is 38.4 Å². The van der Waals surface area contributed by atoms with E-state index in [1.54, 1.807) is 0 Å². The monoisotopic (exact) mass is 464 g/mol. The molecule has 1 saturated heterocycles. The van der Waals surface area contributed by atoms with Crippen LogP contribution in [0.2, 0.25) is 0 Å². The van der Waals surface area contributed by atoms with Crippen molar-refractivity contribution in [1.82, 2.24) is 15.5 Å². The SMILES string of the molecule is CCOc1ccccc1N1CCN(CC2=C(C(=O)OC)[C@@H](c3ccc(C)cc3)NC(=O)N2)CC1. The Hall–Kier alpha value is -3.52. The van der Waals surface area contributed by atoms with Crippen LogP contribution in [0.15, 0.2) is 59.8 Å². The molecule has 1 atom stereocenters. The number of ether oxygens (including phenoxy) is 2. The summed E-state index contributed by atoms with van der Waals surface area (Å²) in [6, 6.07) is 15.0. The molecular formula is C26H32N4O4. The first-order valence-corrected chi connectivity index (χ1v) is 11.6. The molecule has 180 valence electrons. The Morgan fingerprint density at radius 3 is 2.44 bits per heavy atom. The summed E-state index contributed by atoms with van der Waals surface area (Å²) in [7, 11) is 1.37. The van der Waals surface area contributed by atoms with Crippen molar-refractivity contribution in [3.05, 3.63) is 70.9 Å². The van der Waals surface area contributed by atoms with Crippen LogP contribution < -0.4 is 20.3 Å². The fourth-order valence-corrected chi connectivity index (χ4v) is 4.47. The van der Waals surface area contributed by atoms with Gasteiger partial charge in [0.15, 0.2) is 0 Å². The summed E-state index contributed by atoms with van der Waals surface area (Å²) in [4.78, 5) is 29.9. The molecule has 0 spiro atoms. The summed E-state index contributed by atoms with van der Waals surface area (Å²) < 4.78 is 10.9. The van der Waals surface area contributed by atoms with Gasteiger partial charge < -0.3 is 25.0 Å². The predicted octanol–water partition coefficient (Wildman–Crippen LogP) is 3.00. The number of benzene rings is 2. The van der Waals surface area contributed by atoms with Crippen LogP contribution in [0.25, 0.3) is 0 Å². The van der Waals surface area contributed by atoms with Gasteiger partial charge in [-0.1, -0.05) is 42.0 Å². The maximum absolute atomic E-state index is 12.8. The number of piperazine rings is 1. The molecule has 0 aromatic heterocycles. The second-order valence-electron chi connectivity index (χ2n) is 8.49. The number of rotatable bonds is 7. The van der Waals surface area contributed by atoms with Gasteiger partial charge in [0.2, 0.25) is 0 Å². The topological polar surface area (TPSA) is 83.1 Å². The Balaban J connectivity index is 1.53. The highest BCUT2D eigenvalue weighted by atomic mass is 16.5. The number of urea groups is 1. The second kappa shape index (κ2) is 10.6. The molecule has 34 heavy (non-hydrogen) atoms. The van der Waals surface area contributed by atoms with E-state index in [1.165, 1.54) is 7.11 Å². The summed E-state index contributed by atoms with van der Waals surface area (Å²) in [5.74, 6) is 0.443. The number of carbonyl (C=O) groups excluding carboxylic acids is 2. The number of esters is 1. The highest BCUT2D eigenvalue weighted by Crippen LogP contribution is 2.30. The van der Waals surface area contributed by atoms with E-state index in [4.69, 9.17) is 9.47 Å². The molecule has 0 radical (unpaired) electrons. The van der Waals surface area contributed by atoms with Crippen molar-refractivity contribution in [1.29, 1.82) is 0 Å². The third-order valence-corrected chi connectivity index (χ3v) is 6.23. The Morgan fingerprint density at radius 1 is 1.06 bits per heavy atom.